The van der Waals surface area contributed by atoms with Crippen LogP contribution in [0, 0.1) is 12.7 Å². The molecule has 0 aliphatic carbocycles. The van der Waals surface area contributed by atoms with Gasteiger partial charge in [0.05, 0.1) is 13.0 Å². The Morgan fingerprint density at radius 2 is 2.20 bits per heavy atom. The standard InChI is InChI=1S/C11H14FNO2/c1-8-5-9(12)7-10(6-8)13-11(14)3-4-15-2/h5-7H,3-4H2,1-2H3,(H,13,14). The maximum atomic E-state index is 13.0. The molecule has 0 aromatic heterocycles. The Bertz CT molecular complexity index is 332. The Labute approximate surface area is 88.2 Å². The zero-order chi connectivity index (χ0) is 11.3. The van der Waals surface area contributed by atoms with E-state index in [1.165, 1.54) is 19.2 Å². The third-order valence-electron chi connectivity index (χ3n) is 1.86. The summed E-state index contributed by atoms with van der Waals surface area (Å²) in [6, 6.07) is 4.41. The number of nitrogens with one attached hydrogen (secondary N) is 1. The molecule has 0 aliphatic rings. The van der Waals surface area contributed by atoms with E-state index >= 15 is 0 Å². The fraction of sp³-hybridized carbons (Fsp3) is 0.364. The van der Waals surface area contributed by atoms with E-state index in [9.17, 15) is 9.18 Å². The Kier molecular flexibility index (Phi) is 4.24. The summed E-state index contributed by atoms with van der Waals surface area (Å²) in [4.78, 5) is 11.3. The van der Waals surface area contributed by atoms with Crippen LogP contribution in [0.3, 0.4) is 0 Å². The van der Waals surface area contributed by atoms with Gasteiger partial charge in [-0.05, 0) is 30.7 Å². The van der Waals surface area contributed by atoms with Crippen LogP contribution >= 0.6 is 0 Å². The molecule has 1 amide bonds. The summed E-state index contributed by atoms with van der Waals surface area (Å²) in [5.74, 6) is -0.529. The summed E-state index contributed by atoms with van der Waals surface area (Å²) in [5.41, 5.74) is 1.26. The Balaban J connectivity index is 2.60. The maximum absolute atomic E-state index is 13.0. The summed E-state index contributed by atoms with van der Waals surface area (Å²) in [6.45, 7) is 2.13. The summed E-state index contributed by atoms with van der Waals surface area (Å²) in [5, 5.41) is 2.60. The number of hydrogen-bond donors (Lipinski definition) is 1. The second-order valence-electron chi connectivity index (χ2n) is 3.31. The third-order valence-corrected chi connectivity index (χ3v) is 1.86. The quantitative estimate of drug-likeness (QED) is 0.828. The largest absolute Gasteiger partial charge is 0.384 e. The molecular weight excluding hydrogens is 197 g/mol. The monoisotopic (exact) mass is 211 g/mol. The number of halogens is 1. The molecule has 0 unspecified atom stereocenters. The van der Waals surface area contributed by atoms with Gasteiger partial charge >= 0.3 is 0 Å². The van der Waals surface area contributed by atoms with Crippen molar-refractivity contribution < 1.29 is 13.9 Å². The first kappa shape index (κ1) is 11.7. The predicted octanol–water partition coefficient (Wildman–Crippen LogP) is 2.11. The number of carbonyl (C=O) groups excluding carboxylic acids is 1. The molecule has 1 rings (SSSR count). The molecule has 0 heterocycles. The van der Waals surface area contributed by atoms with Gasteiger partial charge in [0.1, 0.15) is 5.82 Å². The zero-order valence-electron chi connectivity index (χ0n) is 8.84. The lowest BCUT2D eigenvalue weighted by molar-refractivity contribution is -0.117. The van der Waals surface area contributed by atoms with Crippen LogP contribution in [0.15, 0.2) is 18.2 Å². The first-order chi connectivity index (χ1) is 7.11. The lowest BCUT2D eigenvalue weighted by Crippen LogP contribution is -2.13. The van der Waals surface area contributed by atoms with Gasteiger partial charge in [0.15, 0.2) is 0 Å². The number of carbonyl (C=O) groups is 1. The van der Waals surface area contributed by atoms with Crippen LogP contribution in [0.1, 0.15) is 12.0 Å². The van der Waals surface area contributed by atoms with Crippen LogP contribution < -0.4 is 5.32 Å². The van der Waals surface area contributed by atoms with Crippen molar-refractivity contribution in [2.24, 2.45) is 0 Å². The van der Waals surface area contributed by atoms with Gasteiger partial charge in [-0.25, -0.2) is 4.39 Å². The maximum Gasteiger partial charge on any atom is 0.226 e. The predicted molar refractivity (Wildman–Crippen MR) is 56.3 cm³/mol. The molecule has 3 nitrogen and oxygen atoms in total. The first-order valence-corrected chi connectivity index (χ1v) is 4.68. The molecule has 1 N–H and O–H groups in total. The van der Waals surface area contributed by atoms with E-state index in [0.29, 0.717) is 12.3 Å². The molecule has 0 atom stereocenters. The van der Waals surface area contributed by atoms with Crippen LogP contribution in [-0.2, 0) is 9.53 Å². The van der Waals surface area contributed by atoms with Gasteiger partial charge in [0, 0.05) is 12.8 Å². The minimum atomic E-state index is -0.350. The van der Waals surface area contributed by atoms with Crippen LogP contribution in [0.5, 0.6) is 0 Å². The van der Waals surface area contributed by atoms with E-state index in [0.717, 1.165) is 5.56 Å². The van der Waals surface area contributed by atoms with Crippen molar-refractivity contribution in [1.82, 2.24) is 0 Å². The Morgan fingerprint density at radius 3 is 2.80 bits per heavy atom. The molecule has 0 radical (unpaired) electrons. The number of aryl methyl sites for hydroxylation is 1. The number of benzene rings is 1. The molecule has 82 valence electrons. The van der Waals surface area contributed by atoms with Gasteiger partial charge in [-0.15, -0.1) is 0 Å². The zero-order valence-corrected chi connectivity index (χ0v) is 8.84. The average molecular weight is 211 g/mol. The molecule has 0 fully saturated rings. The summed E-state index contributed by atoms with van der Waals surface area (Å²) in [6.07, 6.45) is 0.270. The van der Waals surface area contributed by atoms with Gasteiger partial charge in [-0.2, -0.15) is 0 Å². The van der Waals surface area contributed by atoms with Crippen LogP contribution in [-0.4, -0.2) is 19.6 Å². The highest BCUT2D eigenvalue weighted by molar-refractivity contribution is 5.90. The summed E-state index contributed by atoms with van der Waals surface area (Å²) in [7, 11) is 1.53. The lowest BCUT2D eigenvalue weighted by Gasteiger charge is -2.05. The molecular formula is C11H14FNO2. The number of methoxy groups -OCH3 is 1. The van der Waals surface area contributed by atoms with E-state index in [2.05, 4.69) is 5.32 Å². The van der Waals surface area contributed by atoms with E-state index < -0.39 is 0 Å². The minimum Gasteiger partial charge on any atom is -0.384 e. The van der Waals surface area contributed by atoms with Gasteiger partial charge in [-0.1, -0.05) is 0 Å². The van der Waals surface area contributed by atoms with Crippen molar-refractivity contribution >= 4 is 11.6 Å². The number of hydrogen-bond acceptors (Lipinski definition) is 2. The van der Waals surface area contributed by atoms with Crippen LogP contribution in [0.25, 0.3) is 0 Å². The second kappa shape index (κ2) is 5.46. The van der Waals surface area contributed by atoms with E-state index in [1.54, 1.807) is 13.0 Å². The van der Waals surface area contributed by atoms with E-state index in [4.69, 9.17) is 4.74 Å². The van der Waals surface area contributed by atoms with Crippen molar-refractivity contribution in [2.75, 3.05) is 19.0 Å². The number of amides is 1. The average Bonchev–Trinajstić information content (AvgIpc) is 2.13. The highest BCUT2D eigenvalue weighted by Gasteiger charge is 2.03. The Hall–Kier alpha value is -1.42. The third kappa shape index (κ3) is 4.08. The van der Waals surface area contributed by atoms with Crippen molar-refractivity contribution in [3.63, 3.8) is 0 Å². The number of anilines is 1. The van der Waals surface area contributed by atoms with Crippen molar-refractivity contribution in [3.8, 4) is 0 Å². The number of ether oxygens (including phenoxy) is 1. The van der Waals surface area contributed by atoms with E-state index in [1.807, 2.05) is 0 Å². The Morgan fingerprint density at radius 1 is 1.47 bits per heavy atom. The normalized spacial score (nSPS) is 10.1. The molecule has 0 saturated carbocycles. The van der Waals surface area contributed by atoms with Crippen molar-refractivity contribution in [1.29, 1.82) is 0 Å². The fourth-order valence-corrected chi connectivity index (χ4v) is 1.23. The fourth-order valence-electron chi connectivity index (χ4n) is 1.23. The van der Waals surface area contributed by atoms with Gasteiger partial charge in [-0.3, -0.25) is 4.79 Å². The van der Waals surface area contributed by atoms with Crippen LogP contribution in [0.4, 0.5) is 10.1 Å². The van der Waals surface area contributed by atoms with Crippen molar-refractivity contribution in [2.45, 2.75) is 13.3 Å². The van der Waals surface area contributed by atoms with Crippen molar-refractivity contribution in [3.05, 3.63) is 29.6 Å². The topological polar surface area (TPSA) is 38.3 Å². The van der Waals surface area contributed by atoms with Gasteiger partial charge in [0.2, 0.25) is 5.91 Å². The molecule has 1 aromatic carbocycles. The SMILES string of the molecule is COCCC(=O)Nc1cc(C)cc(F)c1. The lowest BCUT2D eigenvalue weighted by atomic mass is 10.2. The highest BCUT2D eigenvalue weighted by Crippen LogP contribution is 2.13. The summed E-state index contributed by atoms with van der Waals surface area (Å²) >= 11 is 0. The first-order valence-electron chi connectivity index (χ1n) is 4.68. The highest BCUT2D eigenvalue weighted by atomic mass is 19.1. The second-order valence-corrected chi connectivity index (χ2v) is 3.31. The molecule has 4 heteroatoms. The summed E-state index contributed by atoms with van der Waals surface area (Å²) < 4.78 is 17.7. The molecule has 0 saturated heterocycles. The van der Waals surface area contributed by atoms with Gasteiger partial charge < -0.3 is 10.1 Å². The molecule has 0 spiro atoms. The smallest absolute Gasteiger partial charge is 0.226 e. The van der Waals surface area contributed by atoms with Gasteiger partial charge in [0.25, 0.3) is 0 Å². The molecule has 0 aliphatic heterocycles. The molecule has 15 heavy (non-hydrogen) atoms. The van der Waals surface area contributed by atoms with Crippen LogP contribution in [0.2, 0.25) is 0 Å². The number of rotatable bonds is 4. The minimum absolute atomic E-state index is 0.179. The molecule has 0 bridgehead atoms. The van der Waals surface area contributed by atoms with E-state index in [-0.39, 0.29) is 18.1 Å². The molecule has 1 aromatic rings.